The van der Waals surface area contributed by atoms with E-state index in [1.165, 1.54) is 52.8 Å². The molecule has 52 heavy (non-hydrogen) atoms. The Kier molecular flexibility index (Phi) is 6.38. The van der Waals surface area contributed by atoms with E-state index in [9.17, 15) is 0 Å². The molecule has 0 spiro atoms. The molecule has 0 saturated heterocycles. The first kappa shape index (κ1) is 29.9. The molecule has 10 aromatic rings. The molecular weight excluding hydrogens is 672 g/mol. The van der Waals surface area contributed by atoms with Crippen molar-refractivity contribution < 1.29 is 4.57 Å². The number of para-hydroxylation sites is 2. The Hall–Kier alpha value is -5.80. The lowest BCUT2D eigenvalue weighted by Crippen LogP contribution is -2.33. The first-order valence-electron chi connectivity index (χ1n) is 17.8. The van der Waals surface area contributed by atoms with E-state index < -0.39 is 7.14 Å². The third-order valence-corrected chi connectivity index (χ3v) is 15.2. The topological polar surface area (TPSA) is 34.9 Å². The maximum Gasteiger partial charge on any atom is 0.175 e. The standard InChI is InChI=1S/C47H31N2OPS/c1-2-43-48-38-22-13-24-40-47(38)49(43)46-37(21-12-23-39(46)51(40,50)30-14-4-3-5-15-30)45-35-19-8-6-17-33(35)44(34-18-7-9-20-36(34)45)29-26-27-32-31-16-10-11-25-41(31)52-42(32)28-29/h3-28H,2H2,1H3. The predicted molar refractivity (Wildman–Crippen MR) is 222 cm³/mol. The minimum absolute atomic E-state index is 0.748. The highest BCUT2D eigenvalue weighted by Crippen LogP contribution is 2.53. The zero-order valence-electron chi connectivity index (χ0n) is 28.4. The average Bonchev–Trinajstić information content (AvgIpc) is 3.77. The predicted octanol–water partition coefficient (Wildman–Crippen LogP) is 11.5. The number of benzene rings is 8. The second kappa shape index (κ2) is 11.1. The Morgan fingerprint density at radius 1 is 0.577 bits per heavy atom. The quantitative estimate of drug-likeness (QED) is 0.135. The van der Waals surface area contributed by atoms with E-state index in [1.54, 1.807) is 0 Å². The molecule has 246 valence electrons. The number of aromatic nitrogens is 2. The van der Waals surface area contributed by atoms with Crippen LogP contribution in [0.4, 0.5) is 0 Å². The van der Waals surface area contributed by atoms with Crippen LogP contribution in [0, 0.1) is 0 Å². The number of aryl methyl sites for hydroxylation is 1. The lowest BCUT2D eigenvalue weighted by Gasteiger charge is -2.31. The molecule has 1 unspecified atom stereocenters. The van der Waals surface area contributed by atoms with Gasteiger partial charge in [-0.2, -0.15) is 0 Å². The van der Waals surface area contributed by atoms with Crippen molar-refractivity contribution in [3.8, 4) is 27.9 Å². The number of hydrogen-bond donors (Lipinski definition) is 0. The highest BCUT2D eigenvalue weighted by Gasteiger charge is 2.41. The van der Waals surface area contributed by atoms with Gasteiger partial charge in [-0.25, -0.2) is 4.98 Å². The molecule has 0 N–H and O–H groups in total. The Morgan fingerprint density at radius 2 is 1.19 bits per heavy atom. The molecule has 0 aliphatic carbocycles. The molecule has 3 heterocycles. The van der Waals surface area contributed by atoms with E-state index in [4.69, 9.17) is 4.98 Å². The van der Waals surface area contributed by atoms with Gasteiger partial charge < -0.3 is 4.57 Å². The van der Waals surface area contributed by atoms with Crippen LogP contribution in [0.3, 0.4) is 0 Å². The molecule has 1 atom stereocenters. The van der Waals surface area contributed by atoms with Crippen LogP contribution in [0.15, 0.2) is 158 Å². The van der Waals surface area contributed by atoms with Crippen LogP contribution in [-0.4, -0.2) is 9.55 Å². The summed E-state index contributed by atoms with van der Waals surface area (Å²) in [5.74, 6) is 0.970. The number of fused-ring (bicyclic) bond motifs is 7. The van der Waals surface area contributed by atoms with Crippen LogP contribution in [0.2, 0.25) is 0 Å². The van der Waals surface area contributed by atoms with Crippen LogP contribution in [-0.2, 0) is 11.0 Å². The van der Waals surface area contributed by atoms with Crippen molar-refractivity contribution in [1.82, 2.24) is 9.55 Å². The molecule has 0 bridgehead atoms. The molecular formula is C47H31N2OPS. The Bertz CT molecular complexity index is 3100. The molecule has 5 heteroatoms. The summed E-state index contributed by atoms with van der Waals surface area (Å²) in [6.45, 7) is 2.16. The number of nitrogens with zero attached hydrogens (tertiary/aromatic N) is 2. The van der Waals surface area contributed by atoms with Gasteiger partial charge in [-0.1, -0.05) is 134 Å². The molecule has 8 aromatic carbocycles. The smallest absolute Gasteiger partial charge is 0.175 e. The first-order valence-corrected chi connectivity index (χ1v) is 20.3. The maximum atomic E-state index is 16.0. The molecule has 0 fully saturated rings. The molecule has 1 aliphatic heterocycles. The van der Waals surface area contributed by atoms with E-state index in [0.29, 0.717) is 0 Å². The Balaban J connectivity index is 1.27. The fourth-order valence-electron chi connectivity index (χ4n) is 8.77. The molecule has 2 aromatic heterocycles. The summed E-state index contributed by atoms with van der Waals surface area (Å²) >= 11 is 1.86. The summed E-state index contributed by atoms with van der Waals surface area (Å²) in [6.07, 6.45) is 0.748. The minimum Gasteiger partial charge on any atom is -0.308 e. The SMILES string of the molecule is CCc1nc2cccc3c2n1-c1c(-c2c4ccccc4c(-c4ccc5c(c4)sc4ccccc45)c4ccccc24)cccc1P3(=O)c1ccccc1. The second-order valence-corrected chi connectivity index (χ2v) is 17.4. The van der Waals surface area contributed by atoms with Gasteiger partial charge in [-0.15, -0.1) is 11.3 Å². The Morgan fingerprint density at radius 3 is 1.92 bits per heavy atom. The normalized spacial score (nSPS) is 15.2. The zero-order valence-corrected chi connectivity index (χ0v) is 30.1. The third-order valence-electron chi connectivity index (χ3n) is 10.9. The zero-order chi connectivity index (χ0) is 34.6. The first-order chi connectivity index (χ1) is 25.6. The number of thiophene rings is 1. The molecule has 1 aliphatic rings. The molecule has 11 rings (SSSR count). The summed E-state index contributed by atoms with van der Waals surface area (Å²) in [6, 6.07) is 55.9. The van der Waals surface area contributed by atoms with E-state index in [0.717, 1.165) is 56.0 Å². The van der Waals surface area contributed by atoms with Gasteiger partial charge in [0.1, 0.15) is 5.82 Å². The van der Waals surface area contributed by atoms with Crippen molar-refractivity contribution in [2.24, 2.45) is 0 Å². The van der Waals surface area contributed by atoms with Crippen molar-refractivity contribution in [2.75, 3.05) is 0 Å². The third kappa shape index (κ3) is 3.97. The maximum absolute atomic E-state index is 16.0. The van der Waals surface area contributed by atoms with Gasteiger partial charge in [0.25, 0.3) is 0 Å². The van der Waals surface area contributed by atoms with Crippen molar-refractivity contribution in [2.45, 2.75) is 13.3 Å². The van der Waals surface area contributed by atoms with Crippen LogP contribution in [0.1, 0.15) is 12.7 Å². The summed E-state index contributed by atoms with van der Waals surface area (Å²) in [5.41, 5.74) is 7.47. The lowest BCUT2D eigenvalue weighted by molar-refractivity contribution is 0.592. The van der Waals surface area contributed by atoms with Gasteiger partial charge in [0.15, 0.2) is 7.14 Å². The summed E-state index contributed by atoms with van der Waals surface area (Å²) in [7, 11) is -3.28. The fraction of sp³-hybridized carbons (Fsp3) is 0.0426. The highest BCUT2D eigenvalue weighted by molar-refractivity contribution is 7.86. The molecule has 3 nitrogen and oxygen atoms in total. The van der Waals surface area contributed by atoms with Crippen molar-refractivity contribution in [3.05, 3.63) is 164 Å². The number of rotatable bonds is 4. The summed E-state index contributed by atoms with van der Waals surface area (Å²) in [5, 5.41) is 9.90. The molecule has 0 amide bonds. The van der Waals surface area contributed by atoms with E-state index in [-0.39, 0.29) is 0 Å². The van der Waals surface area contributed by atoms with Crippen LogP contribution < -0.4 is 15.9 Å². The number of hydrogen-bond acceptors (Lipinski definition) is 3. The second-order valence-electron chi connectivity index (χ2n) is 13.6. The highest BCUT2D eigenvalue weighted by atomic mass is 32.1. The van der Waals surface area contributed by atoms with Gasteiger partial charge in [-0.05, 0) is 68.6 Å². The van der Waals surface area contributed by atoms with Crippen molar-refractivity contribution in [1.29, 1.82) is 0 Å². The van der Waals surface area contributed by atoms with Gasteiger partial charge in [0.2, 0.25) is 0 Å². The summed E-state index contributed by atoms with van der Waals surface area (Å²) in [4.78, 5) is 5.16. The van der Waals surface area contributed by atoms with Gasteiger partial charge in [0, 0.05) is 48.1 Å². The average molecular weight is 703 g/mol. The van der Waals surface area contributed by atoms with E-state index >= 15 is 4.57 Å². The van der Waals surface area contributed by atoms with Crippen molar-refractivity contribution >= 4 is 87.1 Å². The van der Waals surface area contributed by atoms with Crippen LogP contribution in [0.5, 0.6) is 0 Å². The molecule has 0 radical (unpaired) electrons. The van der Waals surface area contributed by atoms with Gasteiger partial charge >= 0.3 is 0 Å². The van der Waals surface area contributed by atoms with Gasteiger partial charge in [0.05, 0.1) is 16.7 Å². The molecule has 0 saturated carbocycles. The number of imidazole rings is 1. The lowest BCUT2D eigenvalue weighted by atomic mass is 9.85. The monoisotopic (exact) mass is 702 g/mol. The Labute approximate surface area is 304 Å². The van der Waals surface area contributed by atoms with Crippen LogP contribution >= 0.6 is 18.5 Å². The van der Waals surface area contributed by atoms with Crippen molar-refractivity contribution in [3.63, 3.8) is 0 Å². The van der Waals surface area contributed by atoms with E-state index in [1.807, 2.05) is 47.7 Å². The fourth-order valence-corrected chi connectivity index (χ4v) is 12.9. The largest absolute Gasteiger partial charge is 0.308 e. The van der Waals surface area contributed by atoms with E-state index in [2.05, 4.69) is 133 Å². The van der Waals surface area contributed by atoms with Gasteiger partial charge in [-0.3, -0.25) is 4.57 Å². The summed E-state index contributed by atoms with van der Waals surface area (Å²) < 4.78 is 21.0. The van der Waals surface area contributed by atoms with Crippen LogP contribution in [0.25, 0.3) is 80.7 Å². The minimum atomic E-state index is -3.28.